The first-order valence-electron chi connectivity index (χ1n) is 2.59. The van der Waals surface area contributed by atoms with Crippen molar-refractivity contribution in [1.82, 2.24) is 0 Å². The molecule has 0 aliphatic carbocycles. The maximum Gasteiger partial charge on any atom is 0.305 e. The third-order valence-corrected chi connectivity index (χ3v) is 1.24. The minimum atomic E-state index is -2.96. The van der Waals surface area contributed by atoms with E-state index < -0.39 is 17.2 Å². The highest BCUT2D eigenvalue weighted by Crippen LogP contribution is 2.27. The van der Waals surface area contributed by atoms with Gasteiger partial charge in [0.2, 0.25) is 0 Å². The van der Waals surface area contributed by atoms with Crippen LogP contribution >= 0.6 is 15.9 Å². The van der Waals surface area contributed by atoms with Crippen molar-refractivity contribution in [2.24, 2.45) is 0 Å². The van der Waals surface area contributed by atoms with E-state index in [9.17, 15) is 13.6 Å². The summed E-state index contributed by atoms with van der Waals surface area (Å²) in [6.07, 6.45) is -0.797. The van der Waals surface area contributed by atoms with E-state index in [1.807, 2.05) is 0 Å². The number of esters is 1. The lowest BCUT2D eigenvalue weighted by Gasteiger charge is -2.05. The van der Waals surface area contributed by atoms with Crippen molar-refractivity contribution in [3.63, 3.8) is 0 Å². The van der Waals surface area contributed by atoms with Crippen molar-refractivity contribution >= 4 is 21.9 Å². The molecule has 10 heavy (non-hydrogen) atoms. The Morgan fingerprint density at radius 1 is 1.70 bits per heavy atom. The van der Waals surface area contributed by atoms with Gasteiger partial charge in [0.25, 0.3) is 0 Å². The second kappa shape index (κ2) is 3.85. The molecule has 0 unspecified atom stereocenters. The molecule has 60 valence electrons. The molecule has 0 fully saturated rings. The molecule has 0 saturated carbocycles. The van der Waals surface area contributed by atoms with Crippen molar-refractivity contribution in [3.05, 3.63) is 0 Å². The topological polar surface area (TPSA) is 26.3 Å². The predicted molar refractivity (Wildman–Crippen MR) is 35.1 cm³/mol. The van der Waals surface area contributed by atoms with Crippen LogP contribution in [0.3, 0.4) is 0 Å². The van der Waals surface area contributed by atoms with E-state index in [0.29, 0.717) is 0 Å². The number of ether oxygens (including phenoxy) is 1. The molecule has 0 aliphatic heterocycles. The average molecular weight is 217 g/mol. The van der Waals surface area contributed by atoms with Gasteiger partial charge in [-0.1, -0.05) is 0 Å². The number of alkyl halides is 3. The van der Waals surface area contributed by atoms with Crippen LogP contribution in [0.4, 0.5) is 8.78 Å². The first-order chi connectivity index (χ1) is 4.45. The second-order valence-corrected chi connectivity index (χ2v) is 2.85. The fourth-order valence-corrected chi connectivity index (χ4v) is 0.544. The lowest BCUT2D eigenvalue weighted by molar-refractivity contribution is -0.141. The SMILES string of the molecule is COC(=O)CCC(F)(F)Br. The van der Waals surface area contributed by atoms with Crippen molar-refractivity contribution in [2.45, 2.75) is 17.7 Å². The Morgan fingerprint density at radius 2 is 2.20 bits per heavy atom. The standard InChI is InChI=1S/C5H7BrF2O2/c1-10-4(9)2-3-5(6,7)8/h2-3H2,1H3. The Balaban J connectivity index is 3.46. The van der Waals surface area contributed by atoms with Crippen LogP contribution in [0.1, 0.15) is 12.8 Å². The highest BCUT2D eigenvalue weighted by atomic mass is 79.9. The molecule has 0 amide bonds. The Morgan fingerprint density at radius 3 is 2.50 bits per heavy atom. The van der Waals surface area contributed by atoms with Crippen LogP contribution in [0, 0.1) is 0 Å². The average Bonchev–Trinajstić information content (AvgIpc) is 1.81. The molecule has 0 rings (SSSR count). The van der Waals surface area contributed by atoms with E-state index in [4.69, 9.17) is 0 Å². The molecule has 0 saturated heterocycles. The van der Waals surface area contributed by atoms with E-state index in [1.54, 1.807) is 0 Å². The van der Waals surface area contributed by atoms with Gasteiger partial charge in [0.15, 0.2) is 0 Å². The molecule has 0 bridgehead atoms. The predicted octanol–water partition coefficient (Wildman–Crippen LogP) is 1.93. The highest BCUT2D eigenvalue weighted by Gasteiger charge is 2.24. The van der Waals surface area contributed by atoms with E-state index in [2.05, 4.69) is 20.7 Å². The summed E-state index contributed by atoms with van der Waals surface area (Å²) in [6, 6.07) is 0. The Labute approximate surface area is 65.7 Å². The Kier molecular flexibility index (Phi) is 3.78. The number of halogens is 3. The van der Waals surface area contributed by atoms with Gasteiger partial charge in [0.05, 0.1) is 13.5 Å². The zero-order valence-corrected chi connectivity index (χ0v) is 6.95. The van der Waals surface area contributed by atoms with Gasteiger partial charge >= 0.3 is 10.8 Å². The van der Waals surface area contributed by atoms with Crippen molar-refractivity contribution in [1.29, 1.82) is 0 Å². The summed E-state index contributed by atoms with van der Waals surface area (Å²) in [5, 5.41) is 0. The van der Waals surface area contributed by atoms with Crippen LogP contribution < -0.4 is 0 Å². The van der Waals surface area contributed by atoms with Crippen LogP contribution in [0.15, 0.2) is 0 Å². The molecular formula is C5H7BrF2O2. The number of hydrogen-bond donors (Lipinski definition) is 0. The number of carbonyl (C=O) groups is 1. The summed E-state index contributed by atoms with van der Waals surface area (Å²) in [6.45, 7) is 0. The monoisotopic (exact) mass is 216 g/mol. The minimum Gasteiger partial charge on any atom is -0.469 e. The van der Waals surface area contributed by atoms with Gasteiger partial charge in [-0.05, 0) is 15.9 Å². The van der Waals surface area contributed by atoms with Crippen molar-refractivity contribution in [3.8, 4) is 0 Å². The lowest BCUT2D eigenvalue weighted by Crippen LogP contribution is -2.09. The van der Waals surface area contributed by atoms with Crippen LogP contribution in [0.5, 0.6) is 0 Å². The Hall–Kier alpha value is -0.190. The van der Waals surface area contributed by atoms with Gasteiger partial charge in [-0.25, -0.2) is 0 Å². The summed E-state index contributed by atoms with van der Waals surface area (Å²) in [5.74, 6) is -0.626. The number of hydrogen-bond acceptors (Lipinski definition) is 2. The maximum atomic E-state index is 11.9. The third kappa shape index (κ3) is 5.94. The van der Waals surface area contributed by atoms with Gasteiger partial charge in [0.1, 0.15) is 0 Å². The van der Waals surface area contributed by atoms with E-state index in [0.717, 1.165) is 7.11 Å². The zero-order chi connectivity index (χ0) is 8.20. The molecule has 0 aromatic carbocycles. The molecule has 2 nitrogen and oxygen atoms in total. The first kappa shape index (κ1) is 9.81. The van der Waals surface area contributed by atoms with Gasteiger partial charge < -0.3 is 4.74 Å². The summed E-state index contributed by atoms with van der Waals surface area (Å²) in [5.41, 5.74) is 0. The molecule has 0 heterocycles. The Bertz CT molecular complexity index is 121. The minimum absolute atomic E-state index is 0.269. The molecule has 0 aromatic rings. The molecule has 5 heteroatoms. The molecule has 0 N–H and O–H groups in total. The molecule has 0 aliphatic rings. The van der Waals surface area contributed by atoms with Crippen LogP contribution in [-0.2, 0) is 9.53 Å². The van der Waals surface area contributed by atoms with Crippen LogP contribution in [0.25, 0.3) is 0 Å². The molecule has 0 radical (unpaired) electrons. The van der Waals surface area contributed by atoms with Gasteiger partial charge in [-0.3, -0.25) is 4.79 Å². The van der Waals surface area contributed by atoms with Crippen LogP contribution in [-0.4, -0.2) is 17.9 Å². The fraction of sp³-hybridized carbons (Fsp3) is 0.800. The maximum absolute atomic E-state index is 11.9. The molecule has 0 spiro atoms. The molecular weight excluding hydrogens is 210 g/mol. The highest BCUT2D eigenvalue weighted by molar-refractivity contribution is 9.09. The summed E-state index contributed by atoms with van der Waals surface area (Å²) < 4.78 is 28.0. The smallest absolute Gasteiger partial charge is 0.305 e. The first-order valence-corrected chi connectivity index (χ1v) is 3.38. The summed E-state index contributed by atoms with van der Waals surface area (Å²) in [4.78, 5) is 7.32. The lowest BCUT2D eigenvalue weighted by atomic mass is 10.3. The number of carbonyl (C=O) groups excluding carboxylic acids is 1. The number of methoxy groups -OCH3 is 1. The molecule has 0 aromatic heterocycles. The third-order valence-electron chi connectivity index (χ3n) is 0.840. The fourth-order valence-electron chi connectivity index (χ4n) is 0.346. The summed E-state index contributed by atoms with van der Waals surface area (Å²) in [7, 11) is 1.16. The van der Waals surface area contributed by atoms with E-state index >= 15 is 0 Å². The van der Waals surface area contributed by atoms with Crippen LogP contribution in [0.2, 0.25) is 0 Å². The second-order valence-electron chi connectivity index (χ2n) is 1.69. The normalized spacial score (nSPS) is 11.2. The van der Waals surface area contributed by atoms with Crippen molar-refractivity contribution < 1.29 is 18.3 Å². The zero-order valence-electron chi connectivity index (χ0n) is 5.36. The van der Waals surface area contributed by atoms with E-state index in [-0.39, 0.29) is 6.42 Å². The van der Waals surface area contributed by atoms with Gasteiger partial charge in [-0.15, -0.1) is 0 Å². The van der Waals surface area contributed by atoms with E-state index in [1.165, 1.54) is 0 Å². The molecule has 0 atom stereocenters. The van der Waals surface area contributed by atoms with Gasteiger partial charge in [0, 0.05) is 6.42 Å². The van der Waals surface area contributed by atoms with Crippen molar-refractivity contribution in [2.75, 3.05) is 7.11 Å². The van der Waals surface area contributed by atoms with Gasteiger partial charge in [-0.2, -0.15) is 8.78 Å². The summed E-state index contributed by atoms with van der Waals surface area (Å²) >= 11 is 2.10. The quantitative estimate of drug-likeness (QED) is 0.533. The largest absolute Gasteiger partial charge is 0.469 e. The number of rotatable bonds is 3.